The Balaban J connectivity index is 2.36. The molecule has 2 rings (SSSR count). The molecule has 1 N–H and O–H groups in total. The standard InChI is InChI=1S/C12H16O5S/c1-18(14,15)9-12(10-5-3-2-4-6-10)16-8-11(7-13)17-12/h2-6,11,13H,7-9H2,1H3. The Morgan fingerprint density at radius 1 is 1.39 bits per heavy atom. The SMILES string of the molecule is CS(=O)(=O)CC1(c2ccccc2)OCC(CO)O1. The zero-order valence-electron chi connectivity index (χ0n) is 10.1. The number of rotatable bonds is 4. The maximum atomic E-state index is 11.5. The van der Waals surface area contributed by atoms with Crippen molar-refractivity contribution >= 4 is 9.84 Å². The Kier molecular flexibility index (Phi) is 3.72. The summed E-state index contributed by atoms with van der Waals surface area (Å²) in [5.41, 5.74) is 0.645. The largest absolute Gasteiger partial charge is 0.394 e. The van der Waals surface area contributed by atoms with Crippen molar-refractivity contribution in [3.63, 3.8) is 0 Å². The lowest BCUT2D eigenvalue weighted by atomic mass is 10.1. The van der Waals surface area contributed by atoms with E-state index in [-0.39, 0.29) is 19.0 Å². The fraction of sp³-hybridized carbons (Fsp3) is 0.500. The highest BCUT2D eigenvalue weighted by Crippen LogP contribution is 2.35. The number of aliphatic hydroxyl groups is 1. The molecule has 6 heteroatoms. The summed E-state index contributed by atoms with van der Waals surface area (Å²) >= 11 is 0. The molecule has 1 fully saturated rings. The van der Waals surface area contributed by atoms with Crippen LogP contribution in [0.2, 0.25) is 0 Å². The van der Waals surface area contributed by atoms with Crippen LogP contribution in [0.3, 0.4) is 0 Å². The van der Waals surface area contributed by atoms with E-state index < -0.39 is 21.7 Å². The van der Waals surface area contributed by atoms with Crippen molar-refractivity contribution in [3.05, 3.63) is 35.9 Å². The van der Waals surface area contributed by atoms with Gasteiger partial charge in [-0.2, -0.15) is 0 Å². The van der Waals surface area contributed by atoms with Crippen molar-refractivity contribution < 1.29 is 23.0 Å². The van der Waals surface area contributed by atoms with Gasteiger partial charge >= 0.3 is 0 Å². The highest BCUT2D eigenvalue weighted by molar-refractivity contribution is 7.90. The van der Waals surface area contributed by atoms with E-state index in [1.165, 1.54) is 0 Å². The van der Waals surface area contributed by atoms with E-state index in [1.54, 1.807) is 24.3 Å². The van der Waals surface area contributed by atoms with Crippen LogP contribution in [0.1, 0.15) is 5.56 Å². The van der Waals surface area contributed by atoms with Gasteiger partial charge in [-0.15, -0.1) is 0 Å². The first-order valence-corrected chi connectivity index (χ1v) is 7.67. The average molecular weight is 272 g/mol. The van der Waals surface area contributed by atoms with E-state index in [9.17, 15) is 8.42 Å². The average Bonchev–Trinajstić information content (AvgIpc) is 2.73. The van der Waals surface area contributed by atoms with Crippen LogP contribution in [0.4, 0.5) is 0 Å². The van der Waals surface area contributed by atoms with E-state index in [4.69, 9.17) is 14.6 Å². The van der Waals surface area contributed by atoms with Gasteiger partial charge in [0.2, 0.25) is 5.79 Å². The van der Waals surface area contributed by atoms with Crippen LogP contribution in [0.25, 0.3) is 0 Å². The van der Waals surface area contributed by atoms with Crippen molar-refractivity contribution in [2.75, 3.05) is 25.2 Å². The van der Waals surface area contributed by atoms with Crippen LogP contribution in [0.15, 0.2) is 30.3 Å². The lowest BCUT2D eigenvalue weighted by Crippen LogP contribution is -2.36. The summed E-state index contributed by atoms with van der Waals surface area (Å²) in [4.78, 5) is 0. The number of hydrogen-bond acceptors (Lipinski definition) is 5. The fourth-order valence-electron chi connectivity index (χ4n) is 2.00. The molecule has 0 saturated carbocycles. The summed E-state index contributed by atoms with van der Waals surface area (Å²) in [6, 6.07) is 8.92. The van der Waals surface area contributed by atoms with Gasteiger partial charge in [0.15, 0.2) is 9.84 Å². The first kappa shape index (κ1) is 13.5. The lowest BCUT2D eigenvalue weighted by molar-refractivity contribution is -0.162. The second kappa shape index (κ2) is 4.97. The third kappa shape index (κ3) is 2.89. The molecule has 1 aliphatic rings. The van der Waals surface area contributed by atoms with Gasteiger partial charge < -0.3 is 14.6 Å². The number of benzene rings is 1. The third-order valence-corrected chi connectivity index (χ3v) is 3.63. The minimum absolute atomic E-state index is 0.181. The first-order chi connectivity index (χ1) is 8.45. The van der Waals surface area contributed by atoms with Crippen LogP contribution in [-0.4, -0.2) is 44.9 Å². The Morgan fingerprint density at radius 2 is 2.06 bits per heavy atom. The highest BCUT2D eigenvalue weighted by Gasteiger charge is 2.45. The lowest BCUT2D eigenvalue weighted by Gasteiger charge is -2.27. The van der Waals surface area contributed by atoms with Gasteiger partial charge in [-0.3, -0.25) is 0 Å². The zero-order valence-corrected chi connectivity index (χ0v) is 10.9. The van der Waals surface area contributed by atoms with E-state index in [0.29, 0.717) is 5.56 Å². The second-order valence-electron chi connectivity index (χ2n) is 4.42. The summed E-state index contributed by atoms with van der Waals surface area (Å²) in [5.74, 6) is -1.57. The molecular formula is C12H16O5S. The Labute approximate surface area is 106 Å². The van der Waals surface area contributed by atoms with Gasteiger partial charge in [0, 0.05) is 11.8 Å². The van der Waals surface area contributed by atoms with Gasteiger partial charge in [-0.25, -0.2) is 8.42 Å². The van der Waals surface area contributed by atoms with Crippen molar-refractivity contribution in [1.82, 2.24) is 0 Å². The molecule has 0 aliphatic carbocycles. The maximum absolute atomic E-state index is 11.5. The quantitative estimate of drug-likeness (QED) is 0.853. The van der Waals surface area contributed by atoms with Crippen molar-refractivity contribution in [3.8, 4) is 0 Å². The second-order valence-corrected chi connectivity index (χ2v) is 6.56. The topological polar surface area (TPSA) is 72.8 Å². The fourth-order valence-corrected chi connectivity index (χ4v) is 3.01. The summed E-state index contributed by atoms with van der Waals surface area (Å²) in [5, 5.41) is 9.09. The van der Waals surface area contributed by atoms with Gasteiger partial charge in [-0.1, -0.05) is 30.3 Å². The Hall–Kier alpha value is -0.950. The maximum Gasteiger partial charge on any atom is 0.209 e. The number of aliphatic hydroxyl groups excluding tert-OH is 1. The molecular weight excluding hydrogens is 256 g/mol. The molecule has 100 valence electrons. The van der Waals surface area contributed by atoms with Gasteiger partial charge in [0.25, 0.3) is 0 Å². The summed E-state index contributed by atoms with van der Waals surface area (Å²) in [7, 11) is -3.28. The molecule has 0 radical (unpaired) electrons. The number of sulfone groups is 1. The summed E-state index contributed by atoms with van der Waals surface area (Å²) in [6.07, 6.45) is 0.642. The first-order valence-electron chi connectivity index (χ1n) is 5.61. The zero-order chi connectivity index (χ0) is 13.2. The van der Waals surface area contributed by atoms with Crippen LogP contribution in [-0.2, 0) is 25.1 Å². The van der Waals surface area contributed by atoms with Crippen LogP contribution < -0.4 is 0 Å². The van der Waals surface area contributed by atoms with Crippen molar-refractivity contribution in [1.29, 1.82) is 0 Å². The smallest absolute Gasteiger partial charge is 0.209 e. The van der Waals surface area contributed by atoms with E-state index >= 15 is 0 Å². The molecule has 5 nitrogen and oxygen atoms in total. The van der Waals surface area contributed by atoms with Crippen LogP contribution in [0, 0.1) is 0 Å². The Morgan fingerprint density at radius 3 is 2.56 bits per heavy atom. The minimum Gasteiger partial charge on any atom is -0.394 e. The normalized spacial score (nSPS) is 28.4. The molecule has 1 heterocycles. The predicted molar refractivity (Wildman–Crippen MR) is 65.7 cm³/mol. The predicted octanol–water partition coefficient (Wildman–Crippen LogP) is 0.292. The van der Waals surface area contributed by atoms with E-state index in [1.807, 2.05) is 6.07 Å². The monoisotopic (exact) mass is 272 g/mol. The number of hydrogen-bond donors (Lipinski definition) is 1. The summed E-state index contributed by atoms with van der Waals surface area (Å²) in [6.45, 7) is -0.0146. The molecule has 0 aromatic heterocycles. The van der Waals surface area contributed by atoms with Gasteiger partial charge in [-0.05, 0) is 0 Å². The molecule has 0 bridgehead atoms. The molecule has 1 saturated heterocycles. The van der Waals surface area contributed by atoms with Crippen molar-refractivity contribution in [2.45, 2.75) is 11.9 Å². The number of ether oxygens (including phenoxy) is 2. The van der Waals surface area contributed by atoms with E-state index in [2.05, 4.69) is 0 Å². The van der Waals surface area contributed by atoms with Crippen molar-refractivity contribution in [2.24, 2.45) is 0 Å². The molecule has 1 aliphatic heterocycles. The molecule has 0 spiro atoms. The molecule has 1 aromatic rings. The van der Waals surface area contributed by atoms with Gasteiger partial charge in [0.1, 0.15) is 11.9 Å². The molecule has 18 heavy (non-hydrogen) atoms. The molecule has 1 aromatic carbocycles. The van der Waals surface area contributed by atoms with Crippen LogP contribution >= 0.6 is 0 Å². The molecule has 0 amide bonds. The van der Waals surface area contributed by atoms with E-state index in [0.717, 1.165) is 6.26 Å². The molecule has 2 unspecified atom stereocenters. The molecule has 2 atom stereocenters. The minimum atomic E-state index is -3.28. The van der Waals surface area contributed by atoms with Crippen LogP contribution in [0.5, 0.6) is 0 Å². The highest BCUT2D eigenvalue weighted by atomic mass is 32.2. The third-order valence-electron chi connectivity index (χ3n) is 2.73. The Bertz CT molecular complexity index is 498. The summed E-state index contributed by atoms with van der Waals surface area (Å²) < 4.78 is 34.2. The van der Waals surface area contributed by atoms with Gasteiger partial charge in [0.05, 0.1) is 13.2 Å².